The van der Waals surface area contributed by atoms with Crippen LogP contribution in [0.2, 0.25) is 0 Å². The number of esters is 1. The highest BCUT2D eigenvalue weighted by Gasteiger charge is 2.41. The molecule has 3 N–H and O–H groups in total. The summed E-state index contributed by atoms with van der Waals surface area (Å²) < 4.78 is 135. The maximum Gasteiger partial charge on any atom is 0.425 e. The van der Waals surface area contributed by atoms with Crippen molar-refractivity contribution in [2.45, 2.75) is 237 Å². The van der Waals surface area contributed by atoms with Crippen molar-refractivity contribution in [2.24, 2.45) is 0 Å². The molecule has 0 spiro atoms. The zero-order valence-electron chi connectivity index (χ0n) is 56.3. The maximum atomic E-state index is 13.7. The average Bonchev–Trinajstić information content (AvgIpc) is 1.72. The third-order valence-corrected chi connectivity index (χ3v) is 21.2. The molecule has 0 bridgehead atoms. The van der Waals surface area contributed by atoms with Crippen LogP contribution in [0.1, 0.15) is 232 Å². The van der Waals surface area contributed by atoms with Gasteiger partial charge in [0.1, 0.15) is 50.5 Å². The topological polar surface area (TPSA) is 158 Å². The second-order valence-electron chi connectivity index (χ2n) is 27.2. The molecule has 3 aliphatic carbocycles. The number of phenolic OH excluding ortho intramolecular Hbond substituents is 1. The molecule has 0 atom stereocenters. The Bertz CT molecular complexity index is 3320. The minimum absolute atomic E-state index is 0.00398. The summed E-state index contributed by atoms with van der Waals surface area (Å²) in [4.78, 5) is 55.0. The van der Waals surface area contributed by atoms with E-state index < -0.39 is 56.4 Å². The number of aliphatic hydroxyl groups is 1. The van der Waals surface area contributed by atoms with E-state index in [9.17, 15) is 63.8 Å². The van der Waals surface area contributed by atoms with E-state index in [-0.39, 0.29) is 73.9 Å². The van der Waals surface area contributed by atoms with Gasteiger partial charge in [-0.15, -0.1) is 45.6 Å². The van der Waals surface area contributed by atoms with E-state index in [0.29, 0.717) is 80.2 Å². The Labute approximate surface area is 580 Å². The lowest BCUT2D eigenvalue weighted by molar-refractivity contribution is -0.155. The summed E-state index contributed by atoms with van der Waals surface area (Å²) in [6, 6.07) is 15.3. The lowest BCUT2D eigenvalue weighted by Crippen LogP contribution is -2.45. The van der Waals surface area contributed by atoms with E-state index in [1.165, 1.54) is 11.0 Å². The molecule has 0 saturated heterocycles. The summed E-state index contributed by atoms with van der Waals surface area (Å²) >= 11 is 7.94. The highest BCUT2D eigenvalue weighted by molar-refractivity contribution is 7.13. The van der Waals surface area contributed by atoms with Crippen molar-refractivity contribution in [2.75, 3.05) is 49.1 Å². The fourth-order valence-electron chi connectivity index (χ4n) is 12.8. The van der Waals surface area contributed by atoms with Crippen molar-refractivity contribution in [3.8, 4) is 11.5 Å². The minimum Gasteiger partial charge on any atom is -0.508 e. The summed E-state index contributed by atoms with van der Waals surface area (Å²) in [6.07, 6.45) is 3.31. The molecule has 2 aliphatic heterocycles. The van der Waals surface area contributed by atoms with E-state index in [1.807, 2.05) is 12.1 Å². The van der Waals surface area contributed by atoms with Gasteiger partial charge in [0.2, 0.25) is 11.8 Å². The lowest BCUT2D eigenvalue weighted by Gasteiger charge is -2.29. The molecule has 3 amide bonds. The predicted molar refractivity (Wildman–Crippen MR) is 363 cm³/mol. The van der Waals surface area contributed by atoms with Gasteiger partial charge in [-0.05, 0) is 206 Å². The van der Waals surface area contributed by atoms with Crippen molar-refractivity contribution < 1.29 is 83.1 Å². The number of aliphatic hydroxyl groups excluding tert-OH is 1. The Balaban J connectivity index is 0.000000190. The molecule has 97 heavy (non-hydrogen) atoms. The third kappa shape index (κ3) is 23.5. The molecule has 13 nitrogen and oxygen atoms in total. The number of phenols is 1. The van der Waals surface area contributed by atoms with Crippen molar-refractivity contribution in [3.63, 3.8) is 0 Å². The normalized spacial score (nSPS) is 16.4. The quantitative estimate of drug-likeness (QED) is 0.0354. The number of hydrogen-bond acceptors (Lipinski definition) is 13. The number of carbonyl (C=O) groups excluding carboxylic acids is 4. The van der Waals surface area contributed by atoms with Gasteiger partial charge in [-0.2, -0.15) is 39.5 Å². The molecule has 3 fully saturated rings. The number of hydrogen-bond donors (Lipinski definition) is 3. The van der Waals surface area contributed by atoms with E-state index in [0.717, 1.165) is 155 Å². The van der Waals surface area contributed by atoms with Gasteiger partial charge in [0, 0.05) is 45.6 Å². The van der Waals surface area contributed by atoms with Gasteiger partial charge in [-0.1, -0.05) is 64.7 Å². The van der Waals surface area contributed by atoms with Crippen LogP contribution in [0.5, 0.6) is 11.5 Å². The molecular formula is C71H92ClF9N4O9S3. The summed E-state index contributed by atoms with van der Waals surface area (Å²) in [5, 5.41) is 21.8. The van der Waals surface area contributed by atoms with Crippen molar-refractivity contribution >= 4 is 80.9 Å². The standard InChI is InChI=1S/C25H31F3N2O2S.C22H32N2O6.C12H14ClF3S.C12H15F3OS/c1-2-11-29-15-23(31)30-12-10-18-13-19(8-9-22(18)30)32-16-20-14-21(17-6-4-3-5-7-17)24(33-20)25(26,27)28;1-21(2,3)29-19(27)10-11-23(20(28)30-22(4,5)6)14-18(26)24-12-9-15-13-16(25)7-8-17(15)24;13-7-9-6-10(8-4-2-1-3-5-8)11(17-9)12(14,15)16;13-12(14,15)11-10(6-9(7-16)17-11)8-4-2-1-3-5-8/h8-9,13-14,17,29H,2-7,10-12,15-16H2,1H3;7-8,13,25H,9-12,14H2,1-6H3;6,8H,1-5,7H2;6,8,16H,1-5,7H2. The van der Waals surface area contributed by atoms with Gasteiger partial charge in [0.25, 0.3) is 0 Å². The van der Waals surface area contributed by atoms with Crippen LogP contribution >= 0.6 is 45.6 Å². The fraction of sp³-hybridized carbons (Fsp3) is 0.606. The zero-order valence-corrected chi connectivity index (χ0v) is 59.5. The van der Waals surface area contributed by atoms with E-state index in [1.54, 1.807) is 87.7 Å². The first-order chi connectivity index (χ1) is 45.7. The monoisotopic (exact) mass is 1450 g/mol. The third-order valence-electron chi connectivity index (χ3n) is 17.2. The van der Waals surface area contributed by atoms with Crippen LogP contribution in [-0.4, -0.2) is 89.5 Å². The van der Waals surface area contributed by atoms with Gasteiger partial charge >= 0.3 is 30.6 Å². The molecule has 0 radical (unpaired) electrons. The summed E-state index contributed by atoms with van der Waals surface area (Å²) in [7, 11) is 0. The first-order valence-electron chi connectivity index (χ1n) is 33.5. The van der Waals surface area contributed by atoms with Gasteiger partial charge in [-0.25, -0.2) is 4.79 Å². The van der Waals surface area contributed by atoms with Crippen LogP contribution in [0.4, 0.5) is 55.7 Å². The predicted octanol–water partition coefficient (Wildman–Crippen LogP) is 19.4. The van der Waals surface area contributed by atoms with Crippen molar-refractivity contribution in [3.05, 3.63) is 112 Å². The number of ether oxygens (including phenoxy) is 3. The van der Waals surface area contributed by atoms with Crippen LogP contribution in [0, 0.1) is 0 Å². The molecule has 0 unspecified atom stereocenters. The number of nitrogens with zero attached hydrogens (tertiary/aromatic N) is 3. The van der Waals surface area contributed by atoms with Crippen LogP contribution in [-0.2, 0) is 74.3 Å². The van der Waals surface area contributed by atoms with Crippen LogP contribution < -0.4 is 19.9 Å². The molecule has 538 valence electrons. The Morgan fingerprint density at radius 3 is 1.51 bits per heavy atom. The largest absolute Gasteiger partial charge is 0.508 e. The number of amides is 3. The Hall–Kier alpha value is -5.60. The second kappa shape index (κ2) is 35.1. The summed E-state index contributed by atoms with van der Waals surface area (Å²) in [6.45, 7) is 14.4. The molecular weight excluding hydrogens is 1360 g/mol. The number of nitrogens with one attached hydrogen (secondary N) is 1. The van der Waals surface area contributed by atoms with E-state index >= 15 is 0 Å². The molecule has 26 heteroatoms. The molecule has 5 aromatic rings. The molecule has 5 aliphatic rings. The maximum absolute atomic E-state index is 13.7. The molecule has 2 aromatic carbocycles. The zero-order chi connectivity index (χ0) is 71.0. The van der Waals surface area contributed by atoms with Gasteiger partial charge < -0.3 is 39.5 Å². The molecule has 10 rings (SSSR count). The van der Waals surface area contributed by atoms with Crippen molar-refractivity contribution in [1.82, 2.24) is 10.2 Å². The highest BCUT2D eigenvalue weighted by Crippen LogP contribution is 2.48. The van der Waals surface area contributed by atoms with Crippen LogP contribution in [0.25, 0.3) is 0 Å². The first-order valence-corrected chi connectivity index (χ1v) is 36.5. The molecule has 3 saturated carbocycles. The number of benzene rings is 2. The van der Waals surface area contributed by atoms with Crippen LogP contribution in [0.3, 0.4) is 0 Å². The number of alkyl halides is 10. The number of rotatable bonds is 17. The number of aromatic hydroxyl groups is 1. The number of carbonyl (C=O) groups is 4. The minimum atomic E-state index is -4.33. The number of fused-ring (bicyclic) bond motifs is 2. The molecule has 5 heterocycles. The Morgan fingerprint density at radius 1 is 0.598 bits per heavy atom. The van der Waals surface area contributed by atoms with Gasteiger partial charge in [-0.3, -0.25) is 19.3 Å². The van der Waals surface area contributed by atoms with E-state index in [2.05, 4.69) is 12.2 Å². The second-order valence-corrected chi connectivity index (χ2v) is 30.9. The summed E-state index contributed by atoms with van der Waals surface area (Å²) in [5.41, 5.74) is 3.49. The Kier molecular flexibility index (Phi) is 28.5. The number of anilines is 2. The number of thiophene rings is 3. The molecule has 3 aromatic heterocycles. The smallest absolute Gasteiger partial charge is 0.425 e. The fourth-order valence-corrected chi connectivity index (χ4v) is 16.0. The lowest BCUT2D eigenvalue weighted by atomic mass is 9.84. The number of halogens is 10. The van der Waals surface area contributed by atoms with Gasteiger partial charge in [0.15, 0.2) is 0 Å². The van der Waals surface area contributed by atoms with Crippen molar-refractivity contribution in [1.29, 1.82) is 0 Å². The Morgan fingerprint density at radius 2 is 1.04 bits per heavy atom. The van der Waals surface area contributed by atoms with E-state index in [4.69, 9.17) is 30.9 Å². The SMILES string of the molecule is CC(C)(C)OC(=O)CCN(CC(=O)N1CCc2cc(O)ccc21)C(=O)OC(C)(C)C.CCCNCC(=O)N1CCc2cc(OCc3cc(C4CCCCC4)c(C(F)(F)F)s3)ccc21.FC(F)(F)c1sc(CCl)cc1C1CCCCC1.OCc1cc(C2CCCCC2)c(C(F)(F)F)s1. The average molecular weight is 1450 g/mol. The highest BCUT2D eigenvalue weighted by atomic mass is 35.5. The van der Waals surface area contributed by atoms with Gasteiger partial charge in [0.05, 0.1) is 25.5 Å². The van der Waals surface area contributed by atoms with Crippen LogP contribution in [0.15, 0.2) is 54.6 Å². The first kappa shape index (κ1) is 78.7. The summed E-state index contributed by atoms with van der Waals surface area (Å²) in [5.74, 6) is 0.343.